The van der Waals surface area contributed by atoms with Gasteiger partial charge in [-0.05, 0) is 30.6 Å². The van der Waals surface area contributed by atoms with E-state index >= 15 is 0 Å². The highest BCUT2D eigenvalue weighted by Gasteiger charge is 2.01. The first-order chi connectivity index (χ1) is 7.24. The van der Waals surface area contributed by atoms with Gasteiger partial charge in [0.25, 0.3) is 0 Å². The monoisotopic (exact) mass is 204 g/mol. The van der Waals surface area contributed by atoms with Gasteiger partial charge in [-0.2, -0.15) is 0 Å². The van der Waals surface area contributed by atoms with E-state index in [2.05, 4.69) is 34.0 Å². The minimum Gasteiger partial charge on any atom is -0.302 e. The maximum Gasteiger partial charge on any atom is 0.0385 e. The summed E-state index contributed by atoms with van der Waals surface area (Å²) in [6.45, 7) is 4.32. The maximum absolute atomic E-state index is 8.15. The molecular weight excluding hydrogens is 188 g/mol. The number of hydrogen-bond acceptors (Lipinski definition) is 2. The topological polar surface area (TPSA) is 52.0 Å². The van der Waals surface area contributed by atoms with Crippen molar-refractivity contribution in [3.05, 3.63) is 45.8 Å². The zero-order valence-electron chi connectivity index (χ0n) is 9.22. The van der Waals surface area contributed by atoms with Crippen molar-refractivity contribution in [3.63, 3.8) is 0 Å². The Bertz CT molecular complexity index is 355. The van der Waals surface area contributed by atoms with Crippen LogP contribution in [0.25, 0.3) is 10.4 Å². The fraction of sp³-hybridized carbons (Fsp3) is 0.455. The number of aryl methyl sites for hydroxylation is 1. The zero-order valence-corrected chi connectivity index (χ0v) is 9.22. The summed E-state index contributed by atoms with van der Waals surface area (Å²) in [6.07, 6.45) is 0. The summed E-state index contributed by atoms with van der Waals surface area (Å²) in [5.41, 5.74) is 10.8. The molecule has 1 aromatic rings. The minimum absolute atomic E-state index is 0.527. The van der Waals surface area contributed by atoms with E-state index in [1.807, 2.05) is 19.2 Å². The summed E-state index contributed by atoms with van der Waals surface area (Å²) in [5, 5.41) is 3.51. The first-order valence-corrected chi connectivity index (χ1v) is 4.98. The zero-order chi connectivity index (χ0) is 11.1. The van der Waals surface area contributed by atoms with E-state index in [9.17, 15) is 0 Å². The number of likely N-dealkylation sites (N-methyl/N-ethyl adjacent to an activating group) is 1. The Morgan fingerprint density at radius 2 is 2.13 bits per heavy atom. The van der Waals surface area contributed by atoms with Crippen LogP contribution < -0.4 is 0 Å². The Labute approximate surface area is 90.1 Å². The van der Waals surface area contributed by atoms with Crippen LogP contribution in [0, 0.1) is 6.92 Å². The number of nitrogens with zero attached hydrogens (tertiary/aromatic N) is 4. The van der Waals surface area contributed by atoms with Crippen LogP contribution in [-0.2, 0) is 6.54 Å². The third-order valence-electron chi connectivity index (χ3n) is 2.35. The predicted molar refractivity (Wildman–Crippen MR) is 61.5 cm³/mol. The highest BCUT2D eigenvalue weighted by Crippen LogP contribution is 2.08. The summed E-state index contributed by atoms with van der Waals surface area (Å²) in [7, 11) is 2.03. The number of benzene rings is 1. The average molecular weight is 204 g/mol. The van der Waals surface area contributed by atoms with Gasteiger partial charge in [0, 0.05) is 24.5 Å². The summed E-state index contributed by atoms with van der Waals surface area (Å²) < 4.78 is 0. The quantitative estimate of drug-likeness (QED) is 0.413. The number of hydrogen-bond donors (Lipinski definition) is 0. The molecule has 0 saturated heterocycles. The van der Waals surface area contributed by atoms with Gasteiger partial charge in [-0.3, -0.25) is 0 Å². The van der Waals surface area contributed by atoms with Crippen LogP contribution in [-0.4, -0.2) is 25.0 Å². The van der Waals surface area contributed by atoms with Gasteiger partial charge in [0.1, 0.15) is 0 Å². The van der Waals surface area contributed by atoms with E-state index in [-0.39, 0.29) is 0 Å². The lowest BCUT2D eigenvalue weighted by atomic mass is 10.1. The van der Waals surface area contributed by atoms with E-state index in [0.717, 1.165) is 13.1 Å². The van der Waals surface area contributed by atoms with Crippen molar-refractivity contribution in [1.82, 2.24) is 4.90 Å². The third kappa shape index (κ3) is 4.02. The van der Waals surface area contributed by atoms with Gasteiger partial charge in [-0.15, -0.1) is 0 Å². The van der Waals surface area contributed by atoms with Gasteiger partial charge < -0.3 is 4.90 Å². The molecule has 0 aromatic heterocycles. The lowest BCUT2D eigenvalue weighted by Crippen LogP contribution is -2.21. The molecule has 1 aromatic carbocycles. The van der Waals surface area contributed by atoms with Crippen molar-refractivity contribution in [2.24, 2.45) is 5.11 Å². The van der Waals surface area contributed by atoms with Crippen LogP contribution in [0.15, 0.2) is 29.4 Å². The van der Waals surface area contributed by atoms with Crippen LogP contribution in [0.1, 0.15) is 11.1 Å². The summed E-state index contributed by atoms with van der Waals surface area (Å²) in [4.78, 5) is 4.88. The Hall–Kier alpha value is -1.51. The van der Waals surface area contributed by atoms with Crippen molar-refractivity contribution in [2.45, 2.75) is 13.5 Å². The molecule has 0 fully saturated rings. The first-order valence-electron chi connectivity index (χ1n) is 4.98. The summed E-state index contributed by atoms with van der Waals surface area (Å²) >= 11 is 0. The molecule has 0 atom stereocenters. The second-order valence-electron chi connectivity index (χ2n) is 3.62. The standard InChI is InChI=1S/C11H16N4/c1-10-5-3-4-6-11(10)9-15(2)8-7-13-14-12/h3-6H,7-9H2,1-2H3. The fourth-order valence-corrected chi connectivity index (χ4v) is 1.42. The minimum atomic E-state index is 0.527. The van der Waals surface area contributed by atoms with Crippen LogP contribution in [0.4, 0.5) is 0 Å². The Morgan fingerprint density at radius 1 is 1.40 bits per heavy atom. The normalized spacial score (nSPS) is 10.1. The van der Waals surface area contributed by atoms with Gasteiger partial charge in [0.2, 0.25) is 0 Å². The van der Waals surface area contributed by atoms with E-state index in [1.165, 1.54) is 11.1 Å². The van der Waals surface area contributed by atoms with Gasteiger partial charge in [0.05, 0.1) is 0 Å². The average Bonchev–Trinajstić information content (AvgIpc) is 2.22. The predicted octanol–water partition coefficient (Wildman–Crippen LogP) is 2.74. The molecule has 0 heterocycles. The van der Waals surface area contributed by atoms with E-state index in [4.69, 9.17) is 5.53 Å². The number of rotatable bonds is 5. The smallest absolute Gasteiger partial charge is 0.0385 e. The lowest BCUT2D eigenvalue weighted by molar-refractivity contribution is 0.335. The molecule has 0 bridgehead atoms. The lowest BCUT2D eigenvalue weighted by Gasteiger charge is -2.16. The molecule has 15 heavy (non-hydrogen) atoms. The van der Waals surface area contributed by atoms with E-state index in [0.29, 0.717) is 6.54 Å². The van der Waals surface area contributed by atoms with Gasteiger partial charge in [0.15, 0.2) is 0 Å². The van der Waals surface area contributed by atoms with Gasteiger partial charge in [-0.1, -0.05) is 29.4 Å². The molecule has 1 rings (SSSR count). The second kappa shape index (κ2) is 6.06. The van der Waals surface area contributed by atoms with Gasteiger partial charge in [-0.25, -0.2) is 0 Å². The van der Waals surface area contributed by atoms with Crippen LogP contribution in [0.2, 0.25) is 0 Å². The van der Waals surface area contributed by atoms with Crippen molar-refractivity contribution in [3.8, 4) is 0 Å². The molecule has 80 valence electrons. The molecule has 0 aliphatic heterocycles. The SMILES string of the molecule is Cc1ccccc1CN(C)CCN=[N+]=[N-]. The highest BCUT2D eigenvalue weighted by molar-refractivity contribution is 5.25. The molecule has 0 aliphatic carbocycles. The van der Waals surface area contributed by atoms with E-state index < -0.39 is 0 Å². The fourth-order valence-electron chi connectivity index (χ4n) is 1.42. The van der Waals surface area contributed by atoms with Gasteiger partial charge >= 0.3 is 0 Å². The highest BCUT2D eigenvalue weighted by atomic mass is 15.2. The molecule has 0 radical (unpaired) electrons. The van der Waals surface area contributed by atoms with Crippen molar-refractivity contribution >= 4 is 0 Å². The van der Waals surface area contributed by atoms with Crippen molar-refractivity contribution in [1.29, 1.82) is 0 Å². The Morgan fingerprint density at radius 3 is 2.80 bits per heavy atom. The molecule has 4 heteroatoms. The molecule has 4 nitrogen and oxygen atoms in total. The van der Waals surface area contributed by atoms with Crippen LogP contribution >= 0.6 is 0 Å². The first kappa shape index (κ1) is 11.6. The third-order valence-corrected chi connectivity index (χ3v) is 2.35. The van der Waals surface area contributed by atoms with Crippen molar-refractivity contribution in [2.75, 3.05) is 20.1 Å². The van der Waals surface area contributed by atoms with Crippen molar-refractivity contribution < 1.29 is 0 Å². The second-order valence-corrected chi connectivity index (χ2v) is 3.62. The maximum atomic E-state index is 8.15. The Kier molecular flexibility index (Phi) is 4.68. The molecular formula is C11H16N4. The summed E-state index contributed by atoms with van der Waals surface area (Å²) in [6, 6.07) is 8.32. The molecule has 0 spiro atoms. The van der Waals surface area contributed by atoms with Crippen LogP contribution in [0.3, 0.4) is 0 Å². The molecule has 0 saturated carbocycles. The number of azide groups is 1. The largest absolute Gasteiger partial charge is 0.302 e. The summed E-state index contributed by atoms with van der Waals surface area (Å²) in [5.74, 6) is 0. The molecule has 0 aliphatic rings. The Balaban J connectivity index is 2.47. The van der Waals surface area contributed by atoms with E-state index in [1.54, 1.807) is 0 Å². The molecule has 0 amide bonds. The van der Waals surface area contributed by atoms with Crippen LogP contribution in [0.5, 0.6) is 0 Å². The molecule has 0 N–H and O–H groups in total. The molecule has 0 unspecified atom stereocenters.